The molecule has 1 unspecified atom stereocenters. The molecule has 0 spiro atoms. The standard InChI is InChI=1S/C13H21N3O2S2/c1-2-14-13-12(7-5-8-15-13)20(17,18)16-10-11-6-3-4-9-19-11/h5,7-8,11,16H,2-4,6,9-10H2,1H3,(H,14,15). The van der Waals surface area contributed by atoms with E-state index in [1.54, 1.807) is 18.3 Å². The van der Waals surface area contributed by atoms with Gasteiger partial charge < -0.3 is 5.32 Å². The van der Waals surface area contributed by atoms with Gasteiger partial charge in [0, 0.05) is 24.5 Å². The van der Waals surface area contributed by atoms with Crippen LogP contribution in [0.4, 0.5) is 5.82 Å². The summed E-state index contributed by atoms with van der Waals surface area (Å²) >= 11 is 1.86. The van der Waals surface area contributed by atoms with E-state index in [2.05, 4.69) is 15.0 Å². The lowest BCUT2D eigenvalue weighted by Crippen LogP contribution is -2.32. The fourth-order valence-corrected chi connectivity index (χ4v) is 4.71. The minimum Gasteiger partial charge on any atom is -0.369 e. The molecule has 1 atom stereocenters. The number of thioether (sulfide) groups is 1. The van der Waals surface area contributed by atoms with E-state index in [0.717, 1.165) is 12.2 Å². The summed E-state index contributed by atoms with van der Waals surface area (Å²) in [6.45, 7) is 3.04. The molecule has 0 radical (unpaired) electrons. The zero-order valence-electron chi connectivity index (χ0n) is 11.6. The second kappa shape index (κ2) is 7.28. The van der Waals surface area contributed by atoms with Crippen molar-refractivity contribution in [3.8, 4) is 0 Å². The molecule has 1 aliphatic rings. The van der Waals surface area contributed by atoms with Gasteiger partial charge in [-0.25, -0.2) is 18.1 Å². The summed E-state index contributed by atoms with van der Waals surface area (Å²) in [5.74, 6) is 1.54. The van der Waals surface area contributed by atoms with Crippen LogP contribution < -0.4 is 10.0 Å². The van der Waals surface area contributed by atoms with Crippen molar-refractivity contribution in [2.45, 2.75) is 36.3 Å². The third kappa shape index (κ3) is 4.10. The maximum atomic E-state index is 12.4. The second-order valence-electron chi connectivity index (χ2n) is 4.72. The summed E-state index contributed by atoms with van der Waals surface area (Å²) < 4.78 is 27.5. The highest BCUT2D eigenvalue weighted by Crippen LogP contribution is 2.25. The number of hydrogen-bond donors (Lipinski definition) is 2. The SMILES string of the molecule is CCNc1ncccc1S(=O)(=O)NCC1CCCCS1. The zero-order chi connectivity index (χ0) is 14.4. The van der Waals surface area contributed by atoms with E-state index < -0.39 is 10.0 Å². The van der Waals surface area contributed by atoms with Crippen LogP contribution in [0.15, 0.2) is 23.2 Å². The number of anilines is 1. The normalized spacial score (nSPS) is 19.8. The molecule has 112 valence electrons. The van der Waals surface area contributed by atoms with Gasteiger partial charge in [0.1, 0.15) is 10.7 Å². The minimum absolute atomic E-state index is 0.225. The lowest BCUT2D eigenvalue weighted by atomic mass is 10.2. The number of nitrogens with one attached hydrogen (secondary N) is 2. The molecule has 0 amide bonds. The molecule has 5 nitrogen and oxygen atoms in total. The molecular weight excluding hydrogens is 294 g/mol. The van der Waals surface area contributed by atoms with Crippen LogP contribution in [0.5, 0.6) is 0 Å². The Hall–Kier alpha value is -0.790. The van der Waals surface area contributed by atoms with Crippen molar-refractivity contribution in [1.82, 2.24) is 9.71 Å². The van der Waals surface area contributed by atoms with Crippen molar-refractivity contribution in [2.24, 2.45) is 0 Å². The fourth-order valence-electron chi connectivity index (χ4n) is 2.16. The largest absolute Gasteiger partial charge is 0.369 e. The van der Waals surface area contributed by atoms with Gasteiger partial charge in [0.2, 0.25) is 10.0 Å². The van der Waals surface area contributed by atoms with Crippen molar-refractivity contribution in [3.63, 3.8) is 0 Å². The Morgan fingerprint density at radius 2 is 2.30 bits per heavy atom. The Morgan fingerprint density at radius 3 is 3.00 bits per heavy atom. The van der Waals surface area contributed by atoms with Crippen LogP contribution in [-0.2, 0) is 10.0 Å². The Balaban J connectivity index is 2.05. The van der Waals surface area contributed by atoms with Crippen LogP contribution >= 0.6 is 11.8 Å². The molecule has 2 N–H and O–H groups in total. The van der Waals surface area contributed by atoms with Crippen molar-refractivity contribution < 1.29 is 8.42 Å². The predicted molar refractivity (Wildman–Crippen MR) is 83.7 cm³/mol. The van der Waals surface area contributed by atoms with E-state index in [1.807, 2.05) is 18.7 Å². The Bertz CT molecular complexity index is 528. The molecule has 1 fully saturated rings. The van der Waals surface area contributed by atoms with E-state index >= 15 is 0 Å². The van der Waals surface area contributed by atoms with Crippen molar-refractivity contribution in [1.29, 1.82) is 0 Å². The van der Waals surface area contributed by atoms with Gasteiger partial charge in [-0.05, 0) is 37.7 Å². The van der Waals surface area contributed by atoms with Gasteiger partial charge in [-0.2, -0.15) is 11.8 Å². The number of pyridine rings is 1. The number of sulfonamides is 1. The van der Waals surface area contributed by atoms with Crippen LogP contribution in [0.25, 0.3) is 0 Å². The highest BCUT2D eigenvalue weighted by molar-refractivity contribution is 8.00. The summed E-state index contributed by atoms with van der Waals surface area (Å²) in [5.41, 5.74) is 0. The number of hydrogen-bond acceptors (Lipinski definition) is 5. The first kappa shape index (κ1) is 15.6. The molecule has 2 heterocycles. The zero-order valence-corrected chi connectivity index (χ0v) is 13.3. The van der Waals surface area contributed by atoms with Crippen LogP contribution in [0.2, 0.25) is 0 Å². The minimum atomic E-state index is -3.50. The highest BCUT2D eigenvalue weighted by atomic mass is 32.2. The van der Waals surface area contributed by atoms with Crippen molar-refractivity contribution in [2.75, 3.05) is 24.2 Å². The van der Waals surface area contributed by atoms with Crippen LogP contribution in [-0.4, -0.2) is 37.5 Å². The lowest BCUT2D eigenvalue weighted by molar-refractivity contribution is 0.573. The summed E-state index contributed by atoms with van der Waals surface area (Å²) in [6, 6.07) is 3.23. The number of rotatable bonds is 6. The molecule has 2 rings (SSSR count). The fraction of sp³-hybridized carbons (Fsp3) is 0.615. The number of nitrogens with zero attached hydrogens (tertiary/aromatic N) is 1. The van der Waals surface area contributed by atoms with Gasteiger partial charge in [-0.1, -0.05) is 6.42 Å². The van der Waals surface area contributed by atoms with Crippen LogP contribution in [0.3, 0.4) is 0 Å². The first-order valence-electron chi connectivity index (χ1n) is 6.93. The van der Waals surface area contributed by atoms with Crippen LogP contribution in [0.1, 0.15) is 26.2 Å². The maximum absolute atomic E-state index is 12.4. The lowest BCUT2D eigenvalue weighted by Gasteiger charge is -2.21. The molecule has 0 saturated carbocycles. The summed E-state index contributed by atoms with van der Waals surface area (Å²) in [5, 5.41) is 3.37. The Kier molecular flexibility index (Phi) is 5.68. The van der Waals surface area contributed by atoms with E-state index in [4.69, 9.17) is 0 Å². The maximum Gasteiger partial charge on any atom is 0.244 e. The molecule has 0 aromatic carbocycles. The molecule has 1 aliphatic heterocycles. The van der Waals surface area contributed by atoms with Gasteiger partial charge in [-0.3, -0.25) is 0 Å². The Labute approximate surface area is 125 Å². The topological polar surface area (TPSA) is 71.1 Å². The third-order valence-electron chi connectivity index (χ3n) is 3.18. The molecule has 7 heteroatoms. The first-order chi connectivity index (χ1) is 9.63. The summed E-state index contributed by atoms with van der Waals surface area (Å²) in [7, 11) is -3.50. The van der Waals surface area contributed by atoms with Crippen LogP contribution in [0, 0.1) is 0 Å². The molecule has 1 saturated heterocycles. The predicted octanol–water partition coefficient (Wildman–Crippen LogP) is 2.08. The molecule has 20 heavy (non-hydrogen) atoms. The van der Waals surface area contributed by atoms with Gasteiger partial charge >= 0.3 is 0 Å². The average molecular weight is 315 g/mol. The van der Waals surface area contributed by atoms with E-state index in [-0.39, 0.29) is 4.90 Å². The van der Waals surface area contributed by atoms with Gasteiger partial charge in [0.15, 0.2) is 0 Å². The molecule has 0 bridgehead atoms. The van der Waals surface area contributed by atoms with Gasteiger partial charge in [-0.15, -0.1) is 0 Å². The molecular formula is C13H21N3O2S2. The third-order valence-corrected chi connectivity index (χ3v) is 6.03. The van der Waals surface area contributed by atoms with E-state index in [1.165, 1.54) is 12.8 Å². The van der Waals surface area contributed by atoms with Gasteiger partial charge in [0.05, 0.1) is 0 Å². The number of aromatic nitrogens is 1. The average Bonchev–Trinajstić information content (AvgIpc) is 2.47. The highest BCUT2D eigenvalue weighted by Gasteiger charge is 2.21. The van der Waals surface area contributed by atoms with Gasteiger partial charge in [0.25, 0.3) is 0 Å². The quantitative estimate of drug-likeness (QED) is 0.841. The van der Waals surface area contributed by atoms with Crippen molar-refractivity contribution >= 4 is 27.6 Å². The molecule has 0 aliphatic carbocycles. The summed E-state index contributed by atoms with van der Waals surface area (Å²) in [6.07, 6.45) is 5.10. The smallest absolute Gasteiger partial charge is 0.244 e. The summed E-state index contributed by atoms with van der Waals surface area (Å²) in [4.78, 5) is 4.32. The first-order valence-corrected chi connectivity index (χ1v) is 9.47. The monoisotopic (exact) mass is 315 g/mol. The second-order valence-corrected chi connectivity index (χ2v) is 7.86. The van der Waals surface area contributed by atoms with E-state index in [0.29, 0.717) is 24.2 Å². The van der Waals surface area contributed by atoms with E-state index in [9.17, 15) is 8.42 Å². The Morgan fingerprint density at radius 1 is 1.45 bits per heavy atom. The molecule has 1 aromatic rings. The van der Waals surface area contributed by atoms with Crippen molar-refractivity contribution in [3.05, 3.63) is 18.3 Å². The molecule has 1 aromatic heterocycles.